The summed E-state index contributed by atoms with van der Waals surface area (Å²) in [5.74, 6) is 2.03. The maximum atomic E-state index is 6.26. The van der Waals surface area contributed by atoms with E-state index in [1.54, 1.807) is 12.3 Å². The van der Waals surface area contributed by atoms with Gasteiger partial charge >= 0.3 is 0 Å². The Hall–Kier alpha value is -2.79. The molecule has 6 rings (SSSR count). The Bertz CT molecular complexity index is 1450. The number of fused-ring (bicyclic) bond motifs is 1. The number of piperazine rings is 1. The van der Waals surface area contributed by atoms with Crippen molar-refractivity contribution in [2.75, 3.05) is 39.3 Å². The van der Waals surface area contributed by atoms with Crippen LogP contribution in [-0.4, -0.2) is 74.3 Å². The number of rotatable bonds is 9. The fourth-order valence-corrected chi connectivity index (χ4v) is 5.27. The minimum absolute atomic E-state index is 0.190. The topological polar surface area (TPSA) is 90.2 Å². The van der Waals surface area contributed by atoms with Gasteiger partial charge in [0.25, 0.3) is 0 Å². The van der Waals surface area contributed by atoms with Gasteiger partial charge in [0.05, 0.1) is 12.2 Å². The van der Waals surface area contributed by atoms with Gasteiger partial charge < -0.3 is 19.4 Å². The van der Waals surface area contributed by atoms with Gasteiger partial charge in [-0.2, -0.15) is 4.98 Å². The first-order chi connectivity index (χ1) is 18.5. The molecule has 1 aliphatic carbocycles. The Morgan fingerprint density at radius 1 is 1.11 bits per heavy atom. The van der Waals surface area contributed by atoms with E-state index in [9.17, 15) is 0 Å². The summed E-state index contributed by atoms with van der Waals surface area (Å²) in [7, 11) is 0. The maximum absolute atomic E-state index is 6.26. The molecule has 198 valence electrons. The zero-order valence-electron chi connectivity index (χ0n) is 21.2. The zero-order chi connectivity index (χ0) is 26.1. The molecule has 1 saturated carbocycles. The second-order valence-electron chi connectivity index (χ2n) is 9.97. The van der Waals surface area contributed by atoms with Crippen LogP contribution in [0.3, 0.4) is 0 Å². The molecule has 1 saturated heterocycles. The number of imidazole rings is 1. The smallest absolute Gasteiger partial charge is 0.245 e. The van der Waals surface area contributed by atoms with E-state index in [-0.39, 0.29) is 5.60 Å². The van der Waals surface area contributed by atoms with Gasteiger partial charge in [-0.25, -0.2) is 9.97 Å². The predicted octanol–water partition coefficient (Wildman–Crippen LogP) is 4.57. The highest BCUT2D eigenvalue weighted by molar-refractivity contribution is 9.10. The van der Waals surface area contributed by atoms with Gasteiger partial charge in [0.2, 0.25) is 5.88 Å². The van der Waals surface area contributed by atoms with Gasteiger partial charge in [-0.1, -0.05) is 11.6 Å². The standard InChI is InChI=1S/C27H29BrClN7O2/c1-27(5-6-27)38-26-23-25(32-17-33-26)36(16-19-14-18(29)4-7-31-19)24(34-23)21-3-2-20(15-22(21)28)37-13-12-35-10-8-30-9-11-35/h2-4,7,14-15,17,30H,5-6,8-13,16H2,1H3. The number of hydrogen-bond acceptors (Lipinski definition) is 8. The van der Waals surface area contributed by atoms with E-state index in [1.165, 1.54) is 6.33 Å². The first kappa shape index (κ1) is 25.5. The second kappa shape index (κ2) is 10.8. The van der Waals surface area contributed by atoms with E-state index in [1.807, 2.05) is 28.8 Å². The lowest BCUT2D eigenvalue weighted by Gasteiger charge is -2.26. The van der Waals surface area contributed by atoms with Gasteiger partial charge in [-0.05, 0) is 66.0 Å². The second-order valence-corrected chi connectivity index (χ2v) is 11.3. The van der Waals surface area contributed by atoms with Gasteiger partial charge in [0.15, 0.2) is 11.2 Å². The van der Waals surface area contributed by atoms with Crippen molar-refractivity contribution in [1.29, 1.82) is 0 Å². The molecule has 38 heavy (non-hydrogen) atoms. The van der Waals surface area contributed by atoms with E-state index in [4.69, 9.17) is 26.1 Å². The lowest BCUT2D eigenvalue weighted by molar-refractivity contribution is 0.191. The summed E-state index contributed by atoms with van der Waals surface area (Å²) in [5, 5.41) is 4.01. The van der Waals surface area contributed by atoms with Crippen LogP contribution >= 0.6 is 27.5 Å². The van der Waals surface area contributed by atoms with Crippen LogP contribution in [0.4, 0.5) is 0 Å². The molecular weight excluding hydrogens is 570 g/mol. The molecule has 2 aliphatic rings. The Kier molecular flexibility index (Phi) is 7.22. The molecule has 4 aromatic rings. The fraction of sp³-hybridized carbons (Fsp3) is 0.407. The van der Waals surface area contributed by atoms with Crippen molar-refractivity contribution in [2.45, 2.75) is 31.9 Å². The number of nitrogens with one attached hydrogen (secondary N) is 1. The highest BCUT2D eigenvalue weighted by atomic mass is 79.9. The first-order valence-corrected chi connectivity index (χ1v) is 14.0. The summed E-state index contributed by atoms with van der Waals surface area (Å²) in [4.78, 5) is 20.9. The highest BCUT2D eigenvalue weighted by Gasteiger charge is 2.41. The van der Waals surface area contributed by atoms with Crippen molar-refractivity contribution in [3.8, 4) is 23.0 Å². The summed E-state index contributed by atoms with van der Waals surface area (Å²) in [6.45, 7) is 8.24. The van der Waals surface area contributed by atoms with E-state index in [0.29, 0.717) is 35.2 Å². The number of benzene rings is 1. The third kappa shape index (κ3) is 5.63. The molecule has 1 aliphatic heterocycles. The summed E-state index contributed by atoms with van der Waals surface area (Å²) in [5.41, 5.74) is 2.82. The van der Waals surface area contributed by atoms with Crippen LogP contribution in [-0.2, 0) is 6.54 Å². The van der Waals surface area contributed by atoms with Gasteiger partial charge in [-0.3, -0.25) is 9.88 Å². The highest BCUT2D eigenvalue weighted by Crippen LogP contribution is 2.41. The number of pyridine rings is 1. The van der Waals surface area contributed by atoms with Crippen molar-refractivity contribution in [3.05, 3.63) is 58.0 Å². The van der Waals surface area contributed by atoms with Gasteiger partial charge in [-0.15, -0.1) is 0 Å². The molecule has 2 fully saturated rings. The van der Waals surface area contributed by atoms with Crippen molar-refractivity contribution in [3.63, 3.8) is 0 Å². The van der Waals surface area contributed by atoms with Crippen LogP contribution in [0.5, 0.6) is 11.6 Å². The molecule has 0 unspecified atom stereocenters. The van der Waals surface area contributed by atoms with Crippen molar-refractivity contribution in [1.82, 2.24) is 34.7 Å². The van der Waals surface area contributed by atoms with Crippen LogP contribution in [0, 0.1) is 0 Å². The summed E-state index contributed by atoms with van der Waals surface area (Å²) < 4.78 is 15.2. The van der Waals surface area contributed by atoms with Crippen LogP contribution in [0.1, 0.15) is 25.5 Å². The van der Waals surface area contributed by atoms with Crippen molar-refractivity contribution < 1.29 is 9.47 Å². The number of halogens is 2. The average molecular weight is 599 g/mol. The summed E-state index contributed by atoms with van der Waals surface area (Å²) in [6.07, 6.45) is 5.23. The monoisotopic (exact) mass is 597 g/mol. The molecular formula is C27H29BrClN7O2. The van der Waals surface area contributed by atoms with E-state index in [2.05, 4.69) is 48.0 Å². The molecule has 0 spiro atoms. The molecule has 0 atom stereocenters. The minimum atomic E-state index is -0.190. The lowest BCUT2D eigenvalue weighted by Crippen LogP contribution is -2.44. The Morgan fingerprint density at radius 2 is 1.95 bits per heavy atom. The molecule has 9 nitrogen and oxygen atoms in total. The Labute approximate surface area is 234 Å². The largest absolute Gasteiger partial charge is 0.492 e. The SMILES string of the molecule is CC1(Oc2ncnc3c2nc(-c2ccc(OCCN4CCNCC4)cc2Br)n3Cc2cc(Cl)ccn2)CC1. The number of hydrogen-bond donors (Lipinski definition) is 1. The molecule has 0 bridgehead atoms. The predicted molar refractivity (Wildman–Crippen MR) is 150 cm³/mol. The van der Waals surface area contributed by atoms with E-state index >= 15 is 0 Å². The number of aromatic nitrogens is 5. The minimum Gasteiger partial charge on any atom is -0.492 e. The van der Waals surface area contributed by atoms with Crippen LogP contribution in [0.15, 0.2) is 47.3 Å². The first-order valence-electron chi connectivity index (χ1n) is 12.8. The molecule has 11 heteroatoms. The van der Waals surface area contributed by atoms with Gasteiger partial charge in [0, 0.05) is 54.0 Å². The lowest BCUT2D eigenvalue weighted by atomic mass is 10.2. The number of ether oxygens (including phenoxy) is 2. The Balaban J connectivity index is 1.32. The maximum Gasteiger partial charge on any atom is 0.245 e. The van der Waals surface area contributed by atoms with Crippen LogP contribution in [0.2, 0.25) is 5.02 Å². The zero-order valence-corrected chi connectivity index (χ0v) is 23.5. The summed E-state index contributed by atoms with van der Waals surface area (Å²) >= 11 is 10.0. The number of nitrogens with zero attached hydrogens (tertiary/aromatic N) is 6. The molecule has 0 amide bonds. The molecule has 1 aromatic carbocycles. The van der Waals surface area contributed by atoms with E-state index in [0.717, 1.165) is 72.9 Å². The third-order valence-electron chi connectivity index (χ3n) is 6.96. The van der Waals surface area contributed by atoms with Crippen LogP contribution in [0.25, 0.3) is 22.6 Å². The average Bonchev–Trinajstić information content (AvgIpc) is 3.53. The van der Waals surface area contributed by atoms with E-state index < -0.39 is 0 Å². The Morgan fingerprint density at radius 3 is 2.71 bits per heavy atom. The molecule has 1 N–H and O–H groups in total. The third-order valence-corrected chi connectivity index (χ3v) is 7.85. The summed E-state index contributed by atoms with van der Waals surface area (Å²) in [6, 6.07) is 9.60. The fourth-order valence-electron chi connectivity index (χ4n) is 4.55. The van der Waals surface area contributed by atoms with Crippen molar-refractivity contribution in [2.24, 2.45) is 0 Å². The molecule has 4 heterocycles. The van der Waals surface area contributed by atoms with Gasteiger partial charge in [0.1, 0.15) is 30.1 Å². The molecule has 0 radical (unpaired) electrons. The normalized spacial score (nSPS) is 17.0. The quantitative estimate of drug-likeness (QED) is 0.300. The van der Waals surface area contributed by atoms with Crippen LogP contribution < -0.4 is 14.8 Å². The van der Waals surface area contributed by atoms with Crippen molar-refractivity contribution >= 4 is 38.7 Å². The molecule has 3 aromatic heterocycles.